The van der Waals surface area contributed by atoms with Crippen LogP contribution in [0, 0.1) is 20.8 Å². The smallest absolute Gasteiger partial charge is 0.266 e. The standard InChI is InChI=1S/C23H24N2O2S2/c1-15-6-9-18(10-7-15)14-20-22(27)25(23(28)29-20)12-4-5-21(26)24-19-11-8-16(2)13-17(19)3/h6-11,13-14H,4-5,12H2,1-3H3,(H,24,26)/b20-14-. The van der Waals surface area contributed by atoms with E-state index in [1.54, 1.807) is 4.90 Å². The molecule has 1 aliphatic heterocycles. The number of thioether (sulfide) groups is 1. The van der Waals surface area contributed by atoms with Crippen LogP contribution in [0.2, 0.25) is 0 Å². The van der Waals surface area contributed by atoms with Crippen molar-refractivity contribution in [1.82, 2.24) is 4.90 Å². The number of carbonyl (C=O) groups is 2. The minimum atomic E-state index is -0.0876. The summed E-state index contributed by atoms with van der Waals surface area (Å²) in [6.07, 6.45) is 2.76. The van der Waals surface area contributed by atoms with Gasteiger partial charge in [0.2, 0.25) is 5.91 Å². The number of rotatable bonds is 6. The zero-order chi connectivity index (χ0) is 21.0. The summed E-state index contributed by atoms with van der Waals surface area (Å²) < 4.78 is 0.545. The normalized spacial score (nSPS) is 15.3. The third kappa shape index (κ3) is 5.55. The first-order valence-electron chi connectivity index (χ1n) is 9.52. The van der Waals surface area contributed by atoms with E-state index in [-0.39, 0.29) is 11.8 Å². The second-order valence-corrected chi connectivity index (χ2v) is 8.89. The van der Waals surface area contributed by atoms with E-state index < -0.39 is 0 Å². The van der Waals surface area contributed by atoms with Crippen LogP contribution in [0.1, 0.15) is 35.1 Å². The van der Waals surface area contributed by atoms with Crippen LogP contribution in [0.5, 0.6) is 0 Å². The molecule has 2 aromatic rings. The van der Waals surface area contributed by atoms with Crippen LogP contribution < -0.4 is 5.32 Å². The van der Waals surface area contributed by atoms with Gasteiger partial charge in [-0.05, 0) is 50.5 Å². The van der Waals surface area contributed by atoms with Crippen molar-refractivity contribution >= 4 is 51.9 Å². The highest BCUT2D eigenvalue weighted by Gasteiger charge is 2.31. The Morgan fingerprint density at radius 3 is 2.48 bits per heavy atom. The van der Waals surface area contributed by atoms with Crippen LogP contribution in [0.15, 0.2) is 47.4 Å². The van der Waals surface area contributed by atoms with Crippen molar-refractivity contribution < 1.29 is 9.59 Å². The monoisotopic (exact) mass is 424 g/mol. The van der Waals surface area contributed by atoms with Crippen LogP contribution in [-0.2, 0) is 9.59 Å². The van der Waals surface area contributed by atoms with E-state index in [9.17, 15) is 9.59 Å². The Bertz CT molecular complexity index is 981. The number of thiocarbonyl (C=S) groups is 1. The maximum atomic E-state index is 12.7. The van der Waals surface area contributed by atoms with Gasteiger partial charge in [-0.3, -0.25) is 14.5 Å². The lowest BCUT2D eigenvalue weighted by atomic mass is 10.1. The fourth-order valence-corrected chi connectivity index (χ4v) is 4.38. The highest BCUT2D eigenvalue weighted by Crippen LogP contribution is 2.32. The first-order valence-corrected chi connectivity index (χ1v) is 10.7. The van der Waals surface area contributed by atoms with Crippen LogP contribution in [0.25, 0.3) is 6.08 Å². The van der Waals surface area contributed by atoms with E-state index in [0.29, 0.717) is 28.6 Å². The van der Waals surface area contributed by atoms with Crippen molar-refractivity contribution in [2.75, 3.05) is 11.9 Å². The summed E-state index contributed by atoms with van der Waals surface area (Å²) in [4.78, 5) is 27.1. The maximum absolute atomic E-state index is 12.7. The molecule has 0 unspecified atom stereocenters. The molecule has 1 heterocycles. The summed E-state index contributed by atoms with van der Waals surface area (Å²) in [7, 11) is 0. The molecule has 0 aromatic heterocycles. The van der Waals surface area contributed by atoms with Gasteiger partial charge in [0.1, 0.15) is 4.32 Å². The number of anilines is 1. The Labute approximate surface area is 181 Å². The van der Waals surface area contributed by atoms with Crippen molar-refractivity contribution in [2.45, 2.75) is 33.6 Å². The third-order valence-electron chi connectivity index (χ3n) is 4.69. The summed E-state index contributed by atoms with van der Waals surface area (Å²) in [5.41, 5.74) is 5.18. The molecule has 1 N–H and O–H groups in total. The molecular formula is C23H24N2O2S2. The average molecular weight is 425 g/mol. The van der Waals surface area contributed by atoms with Gasteiger partial charge in [0, 0.05) is 18.7 Å². The SMILES string of the molecule is Cc1ccc(/C=C2\SC(=S)N(CCCC(=O)Nc3ccc(C)cc3C)C2=O)cc1. The molecular weight excluding hydrogens is 400 g/mol. The van der Waals surface area contributed by atoms with Gasteiger partial charge in [0.25, 0.3) is 5.91 Å². The van der Waals surface area contributed by atoms with Gasteiger partial charge in [-0.1, -0.05) is 71.5 Å². The minimum Gasteiger partial charge on any atom is -0.326 e. The number of nitrogens with zero attached hydrogens (tertiary/aromatic N) is 1. The number of nitrogens with one attached hydrogen (secondary N) is 1. The Morgan fingerprint density at radius 1 is 1.10 bits per heavy atom. The quantitative estimate of drug-likeness (QED) is 0.509. The largest absolute Gasteiger partial charge is 0.326 e. The fraction of sp³-hybridized carbons (Fsp3) is 0.261. The molecule has 2 amide bonds. The number of aryl methyl sites for hydroxylation is 3. The molecule has 29 heavy (non-hydrogen) atoms. The van der Waals surface area contributed by atoms with Crippen LogP contribution >= 0.6 is 24.0 Å². The van der Waals surface area contributed by atoms with E-state index in [1.165, 1.54) is 17.3 Å². The third-order valence-corrected chi connectivity index (χ3v) is 6.07. The Balaban J connectivity index is 1.54. The summed E-state index contributed by atoms with van der Waals surface area (Å²) >= 11 is 6.69. The molecule has 0 bridgehead atoms. The number of amides is 2. The molecule has 1 aliphatic rings. The van der Waals surface area contributed by atoms with Crippen molar-refractivity contribution in [3.8, 4) is 0 Å². The van der Waals surface area contributed by atoms with Crippen molar-refractivity contribution in [2.24, 2.45) is 0 Å². The van der Waals surface area contributed by atoms with Gasteiger partial charge < -0.3 is 5.32 Å². The number of hydrogen-bond donors (Lipinski definition) is 1. The van der Waals surface area contributed by atoms with E-state index >= 15 is 0 Å². The molecule has 0 atom stereocenters. The molecule has 4 nitrogen and oxygen atoms in total. The summed E-state index contributed by atoms with van der Waals surface area (Å²) in [5.74, 6) is -0.145. The molecule has 3 rings (SSSR count). The minimum absolute atomic E-state index is 0.0578. The van der Waals surface area contributed by atoms with E-state index in [0.717, 1.165) is 22.4 Å². The van der Waals surface area contributed by atoms with E-state index in [1.807, 2.05) is 69.3 Å². The molecule has 0 aliphatic carbocycles. The molecule has 6 heteroatoms. The topological polar surface area (TPSA) is 49.4 Å². The molecule has 0 spiro atoms. The molecule has 2 aromatic carbocycles. The van der Waals surface area contributed by atoms with Gasteiger partial charge in [-0.2, -0.15) is 0 Å². The number of carbonyl (C=O) groups excluding carboxylic acids is 2. The Morgan fingerprint density at radius 2 is 1.79 bits per heavy atom. The van der Waals surface area contributed by atoms with Crippen LogP contribution in [0.4, 0.5) is 5.69 Å². The summed E-state index contributed by atoms with van der Waals surface area (Å²) in [6, 6.07) is 13.9. The predicted octanol–water partition coefficient (Wildman–Crippen LogP) is 5.23. The molecule has 0 saturated carbocycles. The van der Waals surface area contributed by atoms with Crippen LogP contribution in [-0.4, -0.2) is 27.6 Å². The van der Waals surface area contributed by atoms with E-state index in [4.69, 9.17) is 12.2 Å². The zero-order valence-corrected chi connectivity index (χ0v) is 18.5. The fourth-order valence-electron chi connectivity index (χ4n) is 3.07. The van der Waals surface area contributed by atoms with Crippen molar-refractivity contribution in [3.63, 3.8) is 0 Å². The Hall–Kier alpha value is -2.44. The molecule has 0 radical (unpaired) electrons. The second kappa shape index (κ2) is 9.37. The highest BCUT2D eigenvalue weighted by molar-refractivity contribution is 8.26. The van der Waals surface area contributed by atoms with E-state index in [2.05, 4.69) is 5.32 Å². The lowest BCUT2D eigenvalue weighted by Gasteiger charge is -2.14. The second-order valence-electron chi connectivity index (χ2n) is 7.21. The summed E-state index contributed by atoms with van der Waals surface area (Å²) in [5, 5.41) is 2.94. The number of hydrogen-bond acceptors (Lipinski definition) is 4. The molecule has 1 fully saturated rings. The average Bonchev–Trinajstić information content (AvgIpc) is 2.93. The lowest BCUT2D eigenvalue weighted by Crippen LogP contribution is -2.29. The van der Waals surface area contributed by atoms with Gasteiger partial charge >= 0.3 is 0 Å². The Kier molecular flexibility index (Phi) is 6.87. The van der Waals surface area contributed by atoms with Gasteiger partial charge in [0.05, 0.1) is 4.91 Å². The van der Waals surface area contributed by atoms with Gasteiger partial charge in [-0.15, -0.1) is 0 Å². The maximum Gasteiger partial charge on any atom is 0.266 e. The summed E-state index contributed by atoms with van der Waals surface area (Å²) in [6.45, 7) is 6.47. The molecule has 1 saturated heterocycles. The van der Waals surface area contributed by atoms with Crippen molar-refractivity contribution in [3.05, 3.63) is 69.6 Å². The first-order chi connectivity index (χ1) is 13.8. The number of benzene rings is 2. The molecule has 150 valence electrons. The van der Waals surface area contributed by atoms with Crippen molar-refractivity contribution in [1.29, 1.82) is 0 Å². The highest BCUT2D eigenvalue weighted by atomic mass is 32.2. The van der Waals surface area contributed by atoms with Gasteiger partial charge in [0.15, 0.2) is 0 Å². The first kappa shape index (κ1) is 21.3. The lowest BCUT2D eigenvalue weighted by molar-refractivity contribution is -0.122. The van der Waals surface area contributed by atoms with Gasteiger partial charge in [-0.25, -0.2) is 0 Å². The van der Waals surface area contributed by atoms with Crippen LogP contribution in [0.3, 0.4) is 0 Å². The predicted molar refractivity (Wildman–Crippen MR) is 125 cm³/mol. The zero-order valence-electron chi connectivity index (χ0n) is 16.8.